The van der Waals surface area contributed by atoms with Crippen molar-refractivity contribution in [1.82, 2.24) is 15.5 Å². The van der Waals surface area contributed by atoms with Gasteiger partial charge in [0.05, 0.1) is 5.92 Å². The summed E-state index contributed by atoms with van der Waals surface area (Å²) in [5, 5.41) is 6.94. The Hall–Kier alpha value is -3.55. The highest BCUT2D eigenvalue weighted by Gasteiger charge is 2.35. The highest BCUT2D eigenvalue weighted by atomic mass is 19.1. The topological polar surface area (TPSA) is 88.3 Å². The van der Waals surface area contributed by atoms with Crippen LogP contribution in [0, 0.1) is 11.7 Å². The van der Waals surface area contributed by atoms with Gasteiger partial charge in [0, 0.05) is 36.7 Å². The summed E-state index contributed by atoms with van der Waals surface area (Å²) in [6.45, 7) is 0.595. The number of carbonyl (C=O) groups excluding carboxylic acids is 2. The van der Waals surface area contributed by atoms with Gasteiger partial charge in [0.2, 0.25) is 23.5 Å². The zero-order valence-electron chi connectivity index (χ0n) is 17.5. The van der Waals surface area contributed by atoms with E-state index < -0.39 is 5.92 Å². The van der Waals surface area contributed by atoms with E-state index in [2.05, 4.69) is 15.5 Å². The van der Waals surface area contributed by atoms with Crippen LogP contribution in [-0.2, 0) is 16.1 Å². The van der Waals surface area contributed by atoms with Gasteiger partial charge < -0.3 is 14.7 Å². The van der Waals surface area contributed by atoms with Crippen molar-refractivity contribution in [2.45, 2.75) is 38.1 Å². The molecule has 3 aromatic rings. The van der Waals surface area contributed by atoms with E-state index in [0.29, 0.717) is 36.4 Å². The molecule has 2 amide bonds. The van der Waals surface area contributed by atoms with Gasteiger partial charge in [0.25, 0.3) is 0 Å². The fourth-order valence-corrected chi connectivity index (χ4v) is 4.05. The number of amides is 2. The number of rotatable bonds is 6. The standard InChI is InChI=1S/C24H23FN4O3/c25-19-9-7-15(8-10-19)13-26-23(31)18-12-21(30)29(14-18)20-6-2-5-17(11-20)22-27-24(32-28-22)16-3-1-4-16/h2,5-11,16,18H,1,3-4,12-14H2,(H,26,31). The molecule has 1 aromatic heterocycles. The average Bonchev–Trinajstić information content (AvgIpc) is 3.39. The molecule has 1 saturated heterocycles. The van der Waals surface area contributed by atoms with Gasteiger partial charge in [-0.05, 0) is 42.7 Å². The maximum atomic E-state index is 13.0. The first-order chi connectivity index (χ1) is 15.6. The summed E-state index contributed by atoms with van der Waals surface area (Å²) in [4.78, 5) is 31.4. The van der Waals surface area contributed by atoms with Gasteiger partial charge in [0.1, 0.15) is 5.82 Å². The molecular formula is C24H23FN4O3. The highest BCUT2D eigenvalue weighted by Crippen LogP contribution is 2.36. The molecule has 1 unspecified atom stereocenters. The van der Waals surface area contributed by atoms with Crippen molar-refractivity contribution >= 4 is 17.5 Å². The quantitative estimate of drug-likeness (QED) is 0.637. The molecule has 2 aromatic carbocycles. The molecule has 2 fully saturated rings. The molecule has 164 valence electrons. The molecule has 1 aliphatic carbocycles. The van der Waals surface area contributed by atoms with Crippen LogP contribution in [0.15, 0.2) is 53.1 Å². The lowest BCUT2D eigenvalue weighted by Crippen LogP contribution is -2.32. The predicted molar refractivity (Wildman–Crippen MR) is 115 cm³/mol. The number of benzene rings is 2. The van der Waals surface area contributed by atoms with Crippen molar-refractivity contribution in [2.24, 2.45) is 5.92 Å². The molecule has 2 heterocycles. The van der Waals surface area contributed by atoms with E-state index in [9.17, 15) is 14.0 Å². The van der Waals surface area contributed by atoms with Crippen molar-refractivity contribution in [3.8, 4) is 11.4 Å². The zero-order chi connectivity index (χ0) is 22.1. The summed E-state index contributed by atoms with van der Waals surface area (Å²) in [7, 11) is 0. The Morgan fingerprint density at radius 3 is 2.75 bits per heavy atom. The van der Waals surface area contributed by atoms with E-state index in [1.165, 1.54) is 18.6 Å². The molecular weight excluding hydrogens is 411 g/mol. The van der Waals surface area contributed by atoms with Crippen molar-refractivity contribution in [3.63, 3.8) is 0 Å². The van der Waals surface area contributed by atoms with Crippen LogP contribution in [0.1, 0.15) is 43.1 Å². The number of halogens is 1. The molecule has 1 saturated carbocycles. The highest BCUT2D eigenvalue weighted by molar-refractivity contribution is 6.00. The molecule has 1 aliphatic heterocycles. The summed E-state index contributed by atoms with van der Waals surface area (Å²) in [6, 6.07) is 13.4. The predicted octanol–water partition coefficient (Wildman–Crippen LogP) is 3.81. The van der Waals surface area contributed by atoms with Crippen molar-refractivity contribution in [2.75, 3.05) is 11.4 Å². The van der Waals surface area contributed by atoms with Crippen LogP contribution in [0.25, 0.3) is 11.4 Å². The van der Waals surface area contributed by atoms with Gasteiger partial charge in [-0.3, -0.25) is 9.59 Å². The molecule has 0 bridgehead atoms. The fraction of sp³-hybridized carbons (Fsp3) is 0.333. The van der Waals surface area contributed by atoms with Crippen LogP contribution < -0.4 is 10.2 Å². The lowest BCUT2D eigenvalue weighted by Gasteiger charge is -2.20. The summed E-state index contributed by atoms with van der Waals surface area (Å²) < 4.78 is 18.4. The minimum absolute atomic E-state index is 0.104. The summed E-state index contributed by atoms with van der Waals surface area (Å²) in [6.07, 6.45) is 3.49. The van der Waals surface area contributed by atoms with Crippen LogP contribution in [0.3, 0.4) is 0 Å². The number of anilines is 1. The first-order valence-corrected chi connectivity index (χ1v) is 10.8. The average molecular weight is 434 g/mol. The minimum Gasteiger partial charge on any atom is -0.352 e. The number of hydrogen-bond donors (Lipinski definition) is 1. The molecule has 32 heavy (non-hydrogen) atoms. The second kappa shape index (κ2) is 8.53. The van der Waals surface area contributed by atoms with Gasteiger partial charge in [-0.1, -0.05) is 35.8 Å². The smallest absolute Gasteiger partial charge is 0.230 e. The molecule has 5 rings (SSSR count). The van der Waals surface area contributed by atoms with Gasteiger partial charge in [-0.2, -0.15) is 4.98 Å². The van der Waals surface area contributed by atoms with E-state index >= 15 is 0 Å². The maximum absolute atomic E-state index is 13.0. The maximum Gasteiger partial charge on any atom is 0.230 e. The SMILES string of the molecule is O=C(NCc1ccc(F)cc1)C1CC(=O)N(c2cccc(-c3noc(C4CCC4)n3)c2)C1. The summed E-state index contributed by atoms with van der Waals surface area (Å²) in [5.41, 5.74) is 2.28. The van der Waals surface area contributed by atoms with E-state index in [1.807, 2.05) is 24.3 Å². The number of nitrogens with one attached hydrogen (secondary N) is 1. The largest absolute Gasteiger partial charge is 0.352 e. The Morgan fingerprint density at radius 1 is 1.19 bits per heavy atom. The molecule has 2 aliphatic rings. The third kappa shape index (κ3) is 4.12. The molecule has 0 radical (unpaired) electrons. The first-order valence-electron chi connectivity index (χ1n) is 10.8. The second-order valence-corrected chi connectivity index (χ2v) is 8.38. The lowest BCUT2D eigenvalue weighted by molar-refractivity contribution is -0.126. The van der Waals surface area contributed by atoms with E-state index in [1.54, 1.807) is 17.0 Å². The number of aromatic nitrogens is 2. The van der Waals surface area contributed by atoms with Crippen LogP contribution in [0.2, 0.25) is 0 Å². The van der Waals surface area contributed by atoms with Crippen molar-refractivity contribution in [1.29, 1.82) is 0 Å². The minimum atomic E-state index is -0.443. The lowest BCUT2D eigenvalue weighted by atomic mass is 9.85. The Kier molecular flexibility index (Phi) is 5.43. The van der Waals surface area contributed by atoms with Gasteiger partial charge in [0.15, 0.2) is 0 Å². The Labute approximate surface area is 184 Å². The van der Waals surface area contributed by atoms with Gasteiger partial charge >= 0.3 is 0 Å². The van der Waals surface area contributed by atoms with Gasteiger partial charge in [-0.25, -0.2) is 4.39 Å². The normalized spacial score (nSPS) is 18.6. The molecule has 0 spiro atoms. The summed E-state index contributed by atoms with van der Waals surface area (Å²) >= 11 is 0. The molecule has 1 atom stereocenters. The monoisotopic (exact) mass is 434 g/mol. The van der Waals surface area contributed by atoms with Crippen molar-refractivity contribution < 1.29 is 18.5 Å². The zero-order valence-corrected chi connectivity index (χ0v) is 17.5. The molecule has 7 nitrogen and oxygen atoms in total. The molecule has 1 N–H and O–H groups in total. The Bertz CT molecular complexity index is 1140. The number of carbonyl (C=O) groups is 2. The third-order valence-electron chi connectivity index (χ3n) is 6.19. The van der Waals surface area contributed by atoms with Crippen LogP contribution in [0.5, 0.6) is 0 Å². The Morgan fingerprint density at radius 2 is 2.00 bits per heavy atom. The number of hydrogen-bond acceptors (Lipinski definition) is 5. The van der Waals surface area contributed by atoms with E-state index in [4.69, 9.17) is 4.52 Å². The third-order valence-corrected chi connectivity index (χ3v) is 6.19. The summed E-state index contributed by atoms with van der Waals surface area (Å²) in [5.74, 6) is 0.480. The van der Waals surface area contributed by atoms with Crippen LogP contribution in [0.4, 0.5) is 10.1 Å². The first kappa shape index (κ1) is 20.4. The van der Waals surface area contributed by atoms with Crippen molar-refractivity contribution in [3.05, 3.63) is 65.8 Å². The number of nitrogens with zero attached hydrogens (tertiary/aromatic N) is 3. The second-order valence-electron chi connectivity index (χ2n) is 8.38. The van der Waals surface area contributed by atoms with Crippen LogP contribution in [-0.4, -0.2) is 28.5 Å². The Balaban J connectivity index is 1.24. The fourth-order valence-electron chi connectivity index (χ4n) is 4.05. The van der Waals surface area contributed by atoms with E-state index in [-0.39, 0.29) is 24.1 Å². The van der Waals surface area contributed by atoms with Gasteiger partial charge in [-0.15, -0.1) is 0 Å². The molecule has 8 heteroatoms. The van der Waals surface area contributed by atoms with E-state index in [0.717, 1.165) is 24.0 Å². The van der Waals surface area contributed by atoms with Crippen LogP contribution >= 0.6 is 0 Å².